The van der Waals surface area contributed by atoms with Crippen molar-refractivity contribution < 1.29 is 12.9 Å². The number of aryl methyl sites for hydroxylation is 2. The molecule has 2 aromatic rings. The summed E-state index contributed by atoms with van der Waals surface area (Å²) in [7, 11) is 0.0883. The van der Waals surface area contributed by atoms with E-state index in [1.807, 2.05) is 7.05 Å². The minimum absolute atomic E-state index is 0.0833. The predicted molar refractivity (Wildman–Crippen MR) is 88.3 cm³/mol. The van der Waals surface area contributed by atoms with Gasteiger partial charge in [0, 0.05) is 38.8 Å². The predicted octanol–water partition coefficient (Wildman–Crippen LogP) is 0.666. The highest BCUT2D eigenvalue weighted by Crippen LogP contribution is 2.39. The van der Waals surface area contributed by atoms with Crippen molar-refractivity contribution in [3.05, 3.63) is 23.7 Å². The molecular formula is C15H22N6O3S. The second kappa shape index (κ2) is 5.89. The van der Waals surface area contributed by atoms with E-state index in [2.05, 4.69) is 20.0 Å². The van der Waals surface area contributed by atoms with Crippen LogP contribution in [0.1, 0.15) is 42.3 Å². The second-order valence-electron chi connectivity index (χ2n) is 6.86. The van der Waals surface area contributed by atoms with Crippen LogP contribution < -0.4 is 0 Å². The first kappa shape index (κ1) is 16.7. The molecule has 1 aliphatic carbocycles. The van der Waals surface area contributed by atoms with Crippen molar-refractivity contribution >= 4 is 10.0 Å². The Labute approximate surface area is 146 Å². The van der Waals surface area contributed by atoms with Crippen molar-refractivity contribution in [1.29, 1.82) is 0 Å². The van der Waals surface area contributed by atoms with Crippen LogP contribution in [-0.4, -0.2) is 64.0 Å². The van der Waals surface area contributed by atoms with Gasteiger partial charge in [-0.15, -0.1) is 0 Å². The van der Waals surface area contributed by atoms with Crippen LogP contribution in [0.3, 0.4) is 0 Å². The molecule has 0 aromatic carbocycles. The summed E-state index contributed by atoms with van der Waals surface area (Å²) in [5.41, 5.74) is 0. The second-order valence-corrected chi connectivity index (χ2v) is 8.75. The zero-order chi connectivity index (χ0) is 17.8. The van der Waals surface area contributed by atoms with Gasteiger partial charge in [-0.05, 0) is 26.8 Å². The van der Waals surface area contributed by atoms with Gasteiger partial charge in [-0.2, -0.15) is 9.29 Å². The Morgan fingerprint density at radius 1 is 1.20 bits per heavy atom. The molecule has 1 saturated heterocycles. The summed E-state index contributed by atoms with van der Waals surface area (Å²) in [6.07, 6.45) is 3.74. The van der Waals surface area contributed by atoms with Gasteiger partial charge < -0.3 is 9.09 Å². The van der Waals surface area contributed by atoms with Gasteiger partial charge in [-0.1, -0.05) is 5.16 Å². The number of nitrogens with zero attached hydrogens (tertiary/aromatic N) is 6. The van der Waals surface area contributed by atoms with Crippen molar-refractivity contribution in [2.24, 2.45) is 7.05 Å². The zero-order valence-electron chi connectivity index (χ0n) is 14.6. The topological polar surface area (TPSA) is 97.4 Å². The summed E-state index contributed by atoms with van der Waals surface area (Å²) in [5.74, 6) is 2.29. The van der Waals surface area contributed by atoms with Crippen LogP contribution in [0.5, 0.6) is 0 Å². The molecule has 1 aliphatic heterocycles. The minimum atomic E-state index is -3.64. The lowest BCUT2D eigenvalue weighted by Crippen LogP contribution is -2.49. The molecule has 0 amide bonds. The molecule has 1 atom stereocenters. The van der Waals surface area contributed by atoms with E-state index in [0.717, 1.165) is 18.7 Å². The number of hydrogen-bond acceptors (Lipinski definition) is 7. The molecule has 0 radical (unpaired) electrons. The van der Waals surface area contributed by atoms with Crippen LogP contribution in [0, 0.1) is 6.92 Å². The molecule has 9 nitrogen and oxygen atoms in total. The Morgan fingerprint density at radius 3 is 2.60 bits per heavy atom. The van der Waals surface area contributed by atoms with Gasteiger partial charge in [0.15, 0.2) is 10.9 Å². The Morgan fingerprint density at radius 2 is 1.96 bits per heavy atom. The average molecular weight is 366 g/mol. The van der Waals surface area contributed by atoms with Gasteiger partial charge in [0.25, 0.3) is 10.0 Å². The molecule has 2 aliphatic rings. The molecular weight excluding hydrogens is 344 g/mol. The highest BCUT2D eigenvalue weighted by molar-refractivity contribution is 7.89. The first-order valence-corrected chi connectivity index (χ1v) is 9.84. The highest BCUT2D eigenvalue weighted by Gasteiger charge is 2.38. The lowest BCUT2D eigenvalue weighted by molar-refractivity contribution is 0.120. The third-order valence-electron chi connectivity index (χ3n) is 4.99. The van der Waals surface area contributed by atoms with Crippen molar-refractivity contribution in [2.75, 3.05) is 26.7 Å². The summed E-state index contributed by atoms with van der Waals surface area (Å²) in [5, 5.41) is 4.14. The number of hydrogen-bond donors (Lipinski definition) is 0. The molecule has 1 unspecified atom stereocenters. The van der Waals surface area contributed by atoms with Gasteiger partial charge in [-0.25, -0.2) is 13.4 Å². The summed E-state index contributed by atoms with van der Waals surface area (Å²) < 4.78 is 34.4. The van der Waals surface area contributed by atoms with Gasteiger partial charge >= 0.3 is 0 Å². The molecule has 0 spiro atoms. The molecule has 3 heterocycles. The van der Waals surface area contributed by atoms with E-state index in [9.17, 15) is 8.42 Å². The van der Waals surface area contributed by atoms with Gasteiger partial charge in [0.2, 0.25) is 5.89 Å². The van der Waals surface area contributed by atoms with E-state index < -0.39 is 10.0 Å². The van der Waals surface area contributed by atoms with Gasteiger partial charge in [0.05, 0.1) is 0 Å². The first-order valence-electron chi connectivity index (χ1n) is 8.40. The molecule has 136 valence electrons. The van der Waals surface area contributed by atoms with E-state index in [1.165, 1.54) is 4.31 Å². The summed E-state index contributed by atoms with van der Waals surface area (Å²) in [6, 6.07) is -0.242. The Balaban J connectivity index is 1.58. The Hall–Kier alpha value is -1.78. The first-order chi connectivity index (χ1) is 11.9. The van der Waals surface area contributed by atoms with Crippen molar-refractivity contribution in [1.82, 2.24) is 28.9 Å². The maximum absolute atomic E-state index is 12.9. The average Bonchev–Trinajstić information content (AvgIpc) is 3.21. The SMILES string of the molecule is Cc1nc(S(=O)(=O)N2CCN(C)C(c3nc(C4CC4)no3)C2)cn1C. The van der Waals surface area contributed by atoms with E-state index in [4.69, 9.17) is 4.52 Å². The number of sulfonamides is 1. The maximum Gasteiger partial charge on any atom is 0.262 e. The fourth-order valence-corrected chi connectivity index (χ4v) is 4.47. The summed E-state index contributed by atoms with van der Waals surface area (Å²) in [4.78, 5) is 10.7. The molecule has 25 heavy (non-hydrogen) atoms. The van der Waals surface area contributed by atoms with Gasteiger partial charge in [-0.3, -0.25) is 4.90 Å². The van der Waals surface area contributed by atoms with E-state index in [0.29, 0.717) is 30.7 Å². The Bertz CT molecular complexity index is 865. The van der Waals surface area contributed by atoms with Crippen LogP contribution in [-0.2, 0) is 17.1 Å². The number of piperazine rings is 1. The van der Waals surface area contributed by atoms with Crippen LogP contribution in [0.15, 0.2) is 15.7 Å². The summed E-state index contributed by atoms with van der Waals surface area (Å²) >= 11 is 0. The molecule has 2 fully saturated rings. The fourth-order valence-electron chi connectivity index (χ4n) is 3.01. The monoisotopic (exact) mass is 366 g/mol. The fraction of sp³-hybridized carbons (Fsp3) is 0.667. The number of rotatable bonds is 4. The van der Waals surface area contributed by atoms with Crippen molar-refractivity contribution in [3.8, 4) is 0 Å². The maximum atomic E-state index is 12.9. The molecule has 0 N–H and O–H groups in total. The Kier molecular flexibility index (Phi) is 3.93. The normalized spacial score (nSPS) is 23.2. The smallest absolute Gasteiger partial charge is 0.262 e. The number of likely N-dealkylation sites (N-methyl/N-ethyl adjacent to an activating group) is 1. The largest absolute Gasteiger partial charge is 0.338 e. The number of aromatic nitrogens is 4. The van der Waals surface area contributed by atoms with Crippen LogP contribution >= 0.6 is 0 Å². The third-order valence-corrected chi connectivity index (χ3v) is 6.72. The molecule has 1 saturated carbocycles. The van der Waals surface area contributed by atoms with E-state index in [1.54, 1.807) is 24.7 Å². The standard InChI is InChI=1S/C15H22N6O3S/c1-10-16-13(9-20(10)3)25(22,23)21-7-6-19(2)12(8-21)15-17-14(18-24-15)11-4-5-11/h9,11-12H,4-8H2,1-3H3. The minimum Gasteiger partial charge on any atom is -0.338 e. The van der Waals surface area contributed by atoms with E-state index >= 15 is 0 Å². The van der Waals surface area contributed by atoms with Crippen LogP contribution in [0.25, 0.3) is 0 Å². The molecule has 2 aromatic heterocycles. The lowest BCUT2D eigenvalue weighted by atomic mass is 10.2. The van der Waals surface area contributed by atoms with Crippen molar-refractivity contribution in [3.63, 3.8) is 0 Å². The quantitative estimate of drug-likeness (QED) is 0.784. The van der Waals surface area contributed by atoms with Crippen molar-refractivity contribution in [2.45, 2.75) is 36.8 Å². The molecule has 4 rings (SSSR count). The molecule has 10 heteroatoms. The zero-order valence-corrected chi connectivity index (χ0v) is 15.4. The number of imidazole rings is 1. The summed E-state index contributed by atoms with van der Waals surface area (Å²) in [6.45, 7) is 3.07. The van der Waals surface area contributed by atoms with Crippen LogP contribution in [0.4, 0.5) is 0 Å². The van der Waals surface area contributed by atoms with Crippen LogP contribution in [0.2, 0.25) is 0 Å². The third kappa shape index (κ3) is 2.98. The van der Waals surface area contributed by atoms with E-state index in [-0.39, 0.29) is 17.6 Å². The lowest BCUT2D eigenvalue weighted by Gasteiger charge is -2.36. The van der Waals surface area contributed by atoms with Gasteiger partial charge in [0.1, 0.15) is 11.9 Å². The highest BCUT2D eigenvalue weighted by atomic mass is 32.2. The molecule has 0 bridgehead atoms.